The number of hydrogen-bond donors (Lipinski definition) is 3. The van der Waals surface area contributed by atoms with Crippen molar-refractivity contribution >= 4 is 75.6 Å². The van der Waals surface area contributed by atoms with Gasteiger partial charge in [0.2, 0.25) is 0 Å². The molecule has 3 aromatic carbocycles. The van der Waals surface area contributed by atoms with Crippen LogP contribution in [0.1, 0.15) is 24.2 Å². The van der Waals surface area contributed by atoms with E-state index in [9.17, 15) is 19.5 Å². The first-order valence-electron chi connectivity index (χ1n) is 10.7. The van der Waals surface area contributed by atoms with E-state index in [-0.39, 0.29) is 38.5 Å². The highest BCUT2D eigenvalue weighted by Crippen LogP contribution is 2.30. The van der Waals surface area contributed by atoms with Gasteiger partial charge in [-0.15, -0.1) is 0 Å². The molecular formula is C25H20Cl4N2O6. The Morgan fingerprint density at radius 2 is 1.16 bits per heavy atom. The van der Waals surface area contributed by atoms with Crippen molar-refractivity contribution in [2.24, 2.45) is 0 Å². The summed E-state index contributed by atoms with van der Waals surface area (Å²) in [7, 11) is 0. The summed E-state index contributed by atoms with van der Waals surface area (Å²) in [4.78, 5) is 37.1. The van der Waals surface area contributed by atoms with Crippen LogP contribution in [0.2, 0.25) is 20.1 Å². The summed E-state index contributed by atoms with van der Waals surface area (Å²) in [5.41, 5.74) is 0.0604. The molecule has 8 nitrogen and oxygen atoms in total. The Morgan fingerprint density at radius 3 is 1.59 bits per heavy atom. The summed E-state index contributed by atoms with van der Waals surface area (Å²) in [6.45, 7) is 2.97. The van der Waals surface area contributed by atoms with Crippen LogP contribution in [0.5, 0.6) is 11.5 Å². The van der Waals surface area contributed by atoms with E-state index in [2.05, 4.69) is 10.6 Å². The molecule has 12 heteroatoms. The molecule has 0 aliphatic rings. The average molecular weight is 586 g/mol. The SMILES string of the molecule is C[C@H](Oc1ccc(Cl)cc1Cl)C(=O)Nc1ccc(C(=O)O)cc1NC(=O)[C@@H](C)Oc1ccc(Cl)cc1Cl. The lowest BCUT2D eigenvalue weighted by Crippen LogP contribution is -2.32. The number of amides is 2. The lowest BCUT2D eigenvalue weighted by atomic mass is 10.1. The maximum atomic E-state index is 12.8. The summed E-state index contributed by atoms with van der Waals surface area (Å²) in [5, 5.41) is 15.8. The molecule has 0 aliphatic carbocycles. The molecule has 3 aromatic rings. The molecule has 0 unspecified atom stereocenters. The molecule has 0 aromatic heterocycles. The summed E-state index contributed by atoms with van der Waals surface area (Å²) in [6.07, 6.45) is -2.04. The molecule has 0 aliphatic heterocycles. The van der Waals surface area contributed by atoms with Crippen molar-refractivity contribution in [2.75, 3.05) is 10.6 Å². The summed E-state index contributed by atoms with van der Waals surface area (Å²) >= 11 is 24.0. The van der Waals surface area contributed by atoms with Crippen molar-refractivity contribution in [3.05, 3.63) is 80.3 Å². The van der Waals surface area contributed by atoms with Crippen molar-refractivity contribution in [2.45, 2.75) is 26.1 Å². The third kappa shape index (κ3) is 7.66. The second-order valence-electron chi connectivity index (χ2n) is 7.71. The monoisotopic (exact) mass is 584 g/mol. The number of rotatable bonds is 9. The molecule has 37 heavy (non-hydrogen) atoms. The molecule has 0 heterocycles. The van der Waals surface area contributed by atoms with Crippen LogP contribution < -0.4 is 20.1 Å². The van der Waals surface area contributed by atoms with E-state index in [0.717, 1.165) is 0 Å². The van der Waals surface area contributed by atoms with Gasteiger partial charge in [0.25, 0.3) is 11.8 Å². The minimum Gasteiger partial charge on any atom is -0.479 e. The van der Waals surface area contributed by atoms with Crippen LogP contribution in [-0.2, 0) is 9.59 Å². The Labute approximate surface area is 232 Å². The zero-order chi connectivity index (χ0) is 27.3. The van der Waals surface area contributed by atoms with Gasteiger partial charge >= 0.3 is 5.97 Å². The first kappa shape index (κ1) is 28.4. The molecule has 3 rings (SSSR count). The average Bonchev–Trinajstić information content (AvgIpc) is 2.83. The van der Waals surface area contributed by atoms with Crippen LogP contribution in [0, 0.1) is 0 Å². The van der Waals surface area contributed by atoms with E-state index in [4.69, 9.17) is 55.9 Å². The fraction of sp³-hybridized carbons (Fsp3) is 0.160. The Hall–Kier alpha value is -3.17. The number of carbonyl (C=O) groups excluding carboxylic acids is 2. The Bertz CT molecular complexity index is 1350. The molecule has 194 valence electrons. The Morgan fingerprint density at radius 1 is 0.703 bits per heavy atom. The number of carboxylic acids is 1. The van der Waals surface area contributed by atoms with Gasteiger partial charge in [-0.05, 0) is 68.4 Å². The van der Waals surface area contributed by atoms with Crippen molar-refractivity contribution < 1.29 is 29.0 Å². The minimum atomic E-state index is -1.22. The van der Waals surface area contributed by atoms with E-state index in [1.54, 1.807) is 12.1 Å². The van der Waals surface area contributed by atoms with E-state index >= 15 is 0 Å². The van der Waals surface area contributed by atoms with Crippen molar-refractivity contribution in [1.82, 2.24) is 0 Å². The lowest BCUT2D eigenvalue weighted by Gasteiger charge is -2.19. The van der Waals surface area contributed by atoms with Gasteiger partial charge in [0.05, 0.1) is 27.0 Å². The molecule has 0 saturated heterocycles. The number of ether oxygens (including phenoxy) is 2. The van der Waals surface area contributed by atoms with E-state index in [1.807, 2.05) is 0 Å². The molecule has 0 bridgehead atoms. The predicted octanol–water partition coefficient (Wildman–Crippen LogP) is 6.81. The number of carbonyl (C=O) groups is 3. The van der Waals surface area contributed by atoms with E-state index in [1.165, 1.54) is 56.3 Å². The number of hydrogen-bond acceptors (Lipinski definition) is 5. The molecule has 0 fully saturated rings. The fourth-order valence-electron chi connectivity index (χ4n) is 2.99. The zero-order valence-corrected chi connectivity index (χ0v) is 22.4. The first-order valence-corrected chi connectivity index (χ1v) is 12.2. The van der Waals surface area contributed by atoms with Crippen LogP contribution in [0.25, 0.3) is 0 Å². The first-order chi connectivity index (χ1) is 17.4. The van der Waals surface area contributed by atoms with Crippen LogP contribution in [0.15, 0.2) is 54.6 Å². The van der Waals surface area contributed by atoms with Gasteiger partial charge in [0.15, 0.2) is 12.2 Å². The second-order valence-corrected chi connectivity index (χ2v) is 9.40. The maximum Gasteiger partial charge on any atom is 0.335 e. The number of halogens is 4. The number of aromatic carboxylic acids is 1. The van der Waals surface area contributed by atoms with Gasteiger partial charge in [0.1, 0.15) is 11.5 Å². The minimum absolute atomic E-state index is 0.0348. The molecule has 3 N–H and O–H groups in total. The molecule has 0 saturated carbocycles. The third-order valence-corrected chi connectivity index (χ3v) is 5.98. The summed E-state index contributed by atoms with van der Waals surface area (Å²) in [6, 6.07) is 12.9. The van der Waals surface area contributed by atoms with Crippen LogP contribution in [-0.4, -0.2) is 35.1 Å². The zero-order valence-electron chi connectivity index (χ0n) is 19.4. The standard InChI is InChI=1S/C25H20Cl4N2O6/c1-12(36-21-7-4-15(26)10-17(21)28)23(32)30-19-6-3-14(25(34)35)9-20(19)31-24(33)13(2)37-22-8-5-16(27)11-18(22)29/h3-13H,1-2H3,(H,30,32)(H,31,33)(H,34,35)/t12-,13+/m0/s1. The number of benzene rings is 3. The number of carboxylic acid groups (broad SMARTS) is 1. The maximum absolute atomic E-state index is 12.8. The van der Waals surface area contributed by atoms with Crippen molar-refractivity contribution in [3.8, 4) is 11.5 Å². The van der Waals surface area contributed by atoms with Gasteiger partial charge in [-0.1, -0.05) is 46.4 Å². The van der Waals surface area contributed by atoms with Gasteiger partial charge in [0, 0.05) is 10.0 Å². The normalized spacial score (nSPS) is 12.3. The molecular weight excluding hydrogens is 566 g/mol. The van der Waals surface area contributed by atoms with Crippen LogP contribution >= 0.6 is 46.4 Å². The predicted molar refractivity (Wildman–Crippen MR) is 144 cm³/mol. The Balaban J connectivity index is 1.76. The van der Waals surface area contributed by atoms with E-state index < -0.39 is 30.0 Å². The summed E-state index contributed by atoms with van der Waals surface area (Å²) in [5.74, 6) is -1.95. The summed E-state index contributed by atoms with van der Waals surface area (Å²) < 4.78 is 11.2. The highest BCUT2D eigenvalue weighted by molar-refractivity contribution is 6.36. The Kier molecular flexibility index (Phi) is 9.50. The van der Waals surface area contributed by atoms with Gasteiger partial charge in [-0.25, -0.2) is 4.79 Å². The largest absolute Gasteiger partial charge is 0.479 e. The van der Waals surface area contributed by atoms with Crippen molar-refractivity contribution in [3.63, 3.8) is 0 Å². The van der Waals surface area contributed by atoms with Gasteiger partial charge < -0.3 is 25.2 Å². The smallest absolute Gasteiger partial charge is 0.335 e. The topological polar surface area (TPSA) is 114 Å². The number of nitrogens with one attached hydrogen (secondary N) is 2. The molecule has 2 amide bonds. The second kappa shape index (κ2) is 12.4. The lowest BCUT2D eigenvalue weighted by molar-refractivity contribution is -0.122. The molecule has 2 atom stereocenters. The van der Waals surface area contributed by atoms with Gasteiger partial charge in [-0.3, -0.25) is 9.59 Å². The van der Waals surface area contributed by atoms with Crippen LogP contribution in [0.3, 0.4) is 0 Å². The molecule has 0 spiro atoms. The number of anilines is 2. The third-order valence-electron chi connectivity index (χ3n) is 4.92. The highest BCUT2D eigenvalue weighted by Gasteiger charge is 2.22. The quantitative estimate of drug-likeness (QED) is 0.254. The van der Waals surface area contributed by atoms with Crippen LogP contribution in [0.4, 0.5) is 11.4 Å². The highest BCUT2D eigenvalue weighted by atomic mass is 35.5. The molecule has 0 radical (unpaired) electrons. The fourth-order valence-corrected chi connectivity index (χ4v) is 3.89. The van der Waals surface area contributed by atoms with Crippen molar-refractivity contribution in [1.29, 1.82) is 0 Å². The van der Waals surface area contributed by atoms with Gasteiger partial charge in [-0.2, -0.15) is 0 Å². The van der Waals surface area contributed by atoms with E-state index in [0.29, 0.717) is 10.0 Å².